The Balaban J connectivity index is 2.28. The van der Waals surface area contributed by atoms with E-state index in [2.05, 4.69) is 31.9 Å². The molecule has 3 atom stereocenters. The summed E-state index contributed by atoms with van der Waals surface area (Å²) in [4.78, 5) is 2.42. The molecule has 3 unspecified atom stereocenters. The van der Waals surface area contributed by atoms with Gasteiger partial charge in [0.05, 0.1) is 10.7 Å². The number of benzene rings is 1. The molecule has 3 heteroatoms. The van der Waals surface area contributed by atoms with Gasteiger partial charge in [0.2, 0.25) is 0 Å². The van der Waals surface area contributed by atoms with Crippen LogP contribution in [0.3, 0.4) is 0 Å². The molecule has 0 aliphatic heterocycles. The van der Waals surface area contributed by atoms with Gasteiger partial charge in [0.1, 0.15) is 0 Å². The van der Waals surface area contributed by atoms with E-state index in [-0.39, 0.29) is 6.04 Å². The van der Waals surface area contributed by atoms with Crippen LogP contribution in [-0.2, 0) is 6.42 Å². The van der Waals surface area contributed by atoms with Crippen molar-refractivity contribution in [2.75, 3.05) is 11.9 Å². The summed E-state index contributed by atoms with van der Waals surface area (Å²) in [6.45, 7) is 4.51. The molecule has 118 valence electrons. The summed E-state index contributed by atoms with van der Waals surface area (Å²) < 4.78 is 0. The highest BCUT2D eigenvalue weighted by Crippen LogP contribution is 2.36. The second-order valence-corrected chi connectivity index (χ2v) is 6.97. The van der Waals surface area contributed by atoms with E-state index in [4.69, 9.17) is 17.3 Å². The second-order valence-electron chi connectivity index (χ2n) is 6.56. The van der Waals surface area contributed by atoms with Gasteiger partial charge in [-0.05, 0) is 43.2 Å². The summed E-state index contributed by atoms with van der Waals surface area (Å²) in [6.07, 6.45) is 7.17. The van der Waals surface area contributed by atoms with Crippen LogP contribution < -0.4 is 10.6 Å². The van der Waals surface area contributed by atoms with E-state index in [1.54, 1.807) is 0 Å². The summed E-state index contributed by atoms with van der Waals surface area (Å²) in [7, 11) is 2.20. The number of anilines is 1. The molecule has 1 aromatic carbocycles. The average Bonchev–Trinajstić information content (AvgIpc) is 2.47. The molecule has 2 N–H and O–H groups in total. The van der Waals surface area contributed by atoms with Gasteiger partial charge in [0, 0.05) is 19.1 Å². The van der Waals surface area contributed by atoms with Crippen molar-refractivity contribution in [3.8, 4) is 0 Å². The van der Waals surface area contributed by atoms with E-state index in [0.29, 0.717) is 6.04 Å². The van der Waals surface area contributed by atoms with Crippen molar-refractivity contribution in [1.82, 2.24) is 0 Å². The molecule has 0 spiro atoms. The Bertz CT molecular complexity index is 461. The molecule has 1 aliphatic rings. The molecular formula is C18H29ClN2. The normalized spacial score (nSPS) is 23.9. The summed E-state index contributed by atoms with van der Waals surface area (Å²) in [5, 5.41) is 0.857. The fourth-order valence-electron chi connectivity index (χ4n) is 3.58. The third kappa shape index (κ3) is 3.92. The zero-order chi connectivity index (χ0) is 15.4. The van der Waals surface area contributed by atoms with Crippen molar-refractivity contribution in [3.63, 3.8) is 0 Å². The zero-order valence-electron chi connectivity index (χ0n) is 13.6. The van der Waals surface area contributed by atoms with Crippen molar-refractivity contribution in [2.45, 2.75) is 64.5 Å². The first-order valence-electron chi connectivity index (χ1n) is 8.30. The van der Waals surface area contributed by atoms with Crippen molar-refractivity contribution >= 4 is 17.3 Å². The van der Waals surface area contributed by atoms with Gasteiger partial charge in [-0.1, -0.05) is 50.4 Å². The van der Waals surface area contributed by atoms with E-state index in [0.717, 1.165) is 23.8 Å². The fourth-order valence-corrected chi connectivity index (χ4v) is 3.91. The molecule has 0 heterocycles. The fraction of sp³-hybridized carbons (Fsp3) is 0.667. The Labute approximate surface area is 134 Å². The van der Waals surface area contributed by atoms with Crippen LogP contribution in [0.4, 0.5) is 5.69 Å². The van der Waals surface area contributed by atoms with Gasteiger partial charge in [-0.25, -0.2) is 0 Å². The van der Waals surface area contributed by atoms with Crippen LogP contribution in [-0.4, -0.2) is 19.1 Å². The maximum Gasteiger partial charge on any atom is 0.0642 e. The lowest BCUT2D eigenvalue weighted by molar-refractivity contribution is 0.321. The molecule has 21 heavy (non-hydrogen) atoms. The first-order valence-corrected chi connectivity index (χ1v) is 8.68. The number of hydrogen-bond acceptors (Lipinski definition) is 2. The summed E-state index contributed by atoms with van der Waals surface area (Å²) in [5.41, 5.74) is 8.65. The van der Waals surface area contributed by atoms with Crippen LogP contribution in [0.15, 0.2) is 18.2 Å². The summed E-state index contributed by atoms with van der Waals surface area (Å²) in [5.74, 6) is 0.729. The molecule has 0 saturated heterocycles. The Morgan fingerprint density at radius 2 is 2.05 bits per heavy atom. The number of hydrogen-bond donors (Lipinski definition) is 1. The van der Waals surface area contributed by atoms with Gasteiger partial charge in [0.15, 0.2) is 0 Å². The minimum Gasteiger partial charge on any atom is -0.370 e. The SMILES string of the molecule is CCC(N)Cc1cccc(Cl)c1N(C)C1CCCCC1C. The molecule has 1 fully saturated rings. The molecule has 2 rings (SSSR count). The zero-order valence-corrected chi connectivity index (χ0v) is 14.4. The average molecular weight is 309 g/mol. The molecule has 0 amide bonds. The highest BCUT2D eigenvalue weighted by atomic mass is 35.5. The van der Waals surface area contributed by atoms with Crippen LogP contribution in [0.5, 0.6) is 0 Å². The van der Waals surface area contributed by atoms with Gasteiger partial charge in [-0.2, -0.15) is 0 Å². The first-order chi connectivity index (χ1) is 10.0. The van der Waals surface area contributed by atoms with Gasteiger partial charge >= 0.3 is 0 Å². The molecule has 1 aromatic rings. The van der Waals surface area contributed by atoms with Crippen LogP contribution in [0.25, 0.3) is 0 Å². The quantitative estimate of drug-likeness (QED) is 0.859. The summed E-state index contributed by atoms with van der Waals surface area (Å²) in [6, 6.07) is 7.03. The number of halogens is 1. The van der Waals surface area contributed by atoms with Crippen molar-refractivity contribution in [2.24, 2.45) is 11.7 Å². The van der Waals surface area contributed by atoms with Gasteiger partial charge in [-0.15, -0.1) is 0 Å². The molecule has 2 nitrogen and oxygen atoms in total. The lowest BCUT2D eigenvalue weighted by atomic mass is 9.84. The molecular weight excluding hydrogens is 280 g/mol. The number of nitrogens with zero attached hydrogens (tertiary/aromatic N) is 1. The standard InChI is InChI=1S/C18H29ClN2/c1-4-15(20)12-14-9-7-10-16(19)18(14)21(3)17-11-6-5-8-13(17)2/h7,9-10,13,15,17H,4-6,8,11-12,20H2,1-3H3. The maximum atomic E-state index is 6.54. The second kappa shape index (κ2) is 7.51. The molecule has 0 radical (unpaired) electrons. The largest absolute Gasteiger partial charge is 0.370 e. The maximum absolute atomic E-state index is 6.54. The topological polar surface area (TPSA) is 29.3 Å². The molecule has 0 aromatic heterocycles. The number of rotatable bonds is 5. The third-order valence-electron chi connectivity index (χ3n) is 4.99. The highest BCUT2D eigenvalue weighted by Gasteiger charge is 2.27. The Morgan fingerprint density at radius 1 is 1.33 bits per heavy atom. The van der Waals surface area contributed by atoms with Crippen molar-refractivity contribution < 1.29 is 0 Å². The van der Waals surface area contributed by atoms with Crippen molar-refractivity contribution in [3.05, 3.63) is 28.8 Å². The molecule has 0 bridgehead atoms. The van der Waals surface area contributed by atoms with E-state index >= 15 is 0 Å². The monoisotopic (exact) mass is 308 g/mol. The predicted octanol–water partition coefficient (Wildman–Crippen LogP) is 4.63. The molecule has 1 saturated carbocycles. The number of nitrogens with two attached hydrogens (primary N) is 1. The predicted molar refractivity (Wildman–Crippen MR) is 93.2 cm³/mol. The third-order valence-corrected chi connectivity index (χ3v) is 5.30. The smallest absolute Gasteiger partial charge is 0.0642 e. The van der Waals surface area contributed by atoms with Crippen molar-refractivity contribution in [1.29, 1.82) is 0 Å². The lowest BCUT2D eigenvalue weighted by Gasteiger charge is -2.39. The van der Waals surface area contributed by atoms with Gasteiger partial charge < -0.3 is 10.6 Å². The summed E-state index contributed by atoms with van der Waals surface area (Å²) >= 11 is 6.54. The highest BCUT2D eigenvalue weighted by molar-refractivity contribution is 6.33. The first kappa shape index (κ1) is 16.6. The van der Waals surface area contributed by atoms with Gasteiger partial charge in [0.25, 0.3) is 0 Å². The Morgan fingerprint density at radius 3 is 2.71 bits per heavy atom. The number of para-hydroxylation sites is 1. The van der Waals surface area contributed by atoms with Crippen LogP contribution >= 0.6 is 11.6 Å². The van der Waals surface area contributed by atoms with E-state index < -0.39 is 0 Å². The lowest BCUT2D eigenvalue weighted by Crippen LogP contribution is -2.40. The van der Waals surface area contributed by atoms with Crippen LogP contribution in [0.1, 0.15) is 51.5 Å². The Hall–Kier alpha value is -0.730. The van der Waals surface area contributed by atoms with E-state index in [9.17, 15) is 0 Å². The Kier molecular flexibility index (Phi) is 5.95. The van der Waals surface area contributed by atoms with E-state index in [1.807, 2.05) is 12.1 Å². The minimum atomic E-state index is 0.208. The van der Waals surface area contributed by atoms with Crippen LogP contribution in [0, 0.1) is 5.92 Å². The van der Waals surface area contributed by atoms with Crippen LogP contribution in [0.2, 0.25) is 5.02 Å². The molecule has 1 aliphatic carbocycles. The minimum absolute atomic E-state index is 0.208. The van der Waals surface area contributed by atoms with Gasteiger partial charge in [-0.3, -0.25) is 0 Å². The van der Waals surface area contributed by atoms with E-state index in [1.165, 1.54) is 36.9 Å².